The predicted octanol–water partition coefficient (Wildman–Crippen LogP) is 2.70. The molecule has 10 heteroatoms. The van der Waals surface area contributed by atoms with Crippen molar-refractivity contribution in [3.05, 3.63) is 53.7 Å². The van der Waals surface area contributed by atoms with E-state index in [4.69, 9.17) is 5.11 Å². The highest BCUT2D eigenvalue weighted by atomic mass is 32.2. The van der Waals surface area contributed by atoms with Crippen LogP contribution in [0.4, 0.5) is 5.82 Å². The molecular weight excluding hydrogens is 458 g/mol. The van der Waals surface area contributed by atoms with Crippen LogP contribution in [0.15, 0.2) is 47.5 Å². The Balaban J connectivity index is 1.55. The van der Waals surface area contributed by atoms with Gasteiger partial charge in [0.25, 0.3) is 0 Å². The van der Waals surface area contributed by atoms with Crippen molar-refractivity contribution < 1.29 is 27.9 Å². The van der Waals surface area contributed by atoms with Crippen LogP contribution in [-0.2, 0) is 19.4 Å². The monoisotopic (exact) mass is 485 g/mol. The maximum atomic E-state index is 13.3. The van der Waals surface area contributed by atoms with Gasteiger partial charge in [0.05, 0.1) is 21.6 Å². The number of aromatic carboxylic acids is 1. The van der Waals surface area contributed by atoms with Crippen molar-refractivity contribution in [1.82, 2.24) is 9.88 Å². The molecule has 0 spiro atoms. The van der Waals surface area contributed by atoms with E-state index in [9.17, 15) is 22.8 Å². The van der Waals surface area contributed by atoms with Crippen LogP contribution in [0.5, 0.6) is 0 Å². The number of amides is 2. The molecule has 0 unspecified atom stereocenters. The van der Waals surface area contributed by atoms with Crippen LogP contribution in [-0.4, -0.2) is 59.5 Å². The topological polar surface area (TPSA) is 134 Å². The van der Waals surface area contributed by atoms with Crippen LogP contribution in [0, 0.1) is 5.92 Å². The minimum Gasteiger partial charge on any atom is -0.478 e. The number of carboxylic acids is 1. The molecule has 0 radical (unpaired) electrons. The van der Waals surface area contributed by atoms with Gasteiger partial charge in [-0.05, 0) is 61.4 Å². The lowest BCUT2D eigenvalue weighted by Gasteiger charge is -2.21. The fourth-order valence-electron chi connectivity index (χ4n) is 4.31. The average molecular weight is 486 g/mol. The Morgan fingerprint density at radius 2 is 1.82 bits per heavy atom. The summed E-state index contributed by atoms with van der Waals surface area (Å²) in [6, 6.07) is 9.26. The third-order valence-electron chi connectivity index (χ3n) is 6.45. The zero-order valence-electron chi connectivity index (χ0n) is 18.8. The second-order valence-electron chi connectivity index (χ2n) is 8.95. The summed E-state index contributed by atoms with van der Waals surface area (Å²) in [5.41, 5.74) is 0.688. The third kappa shape index (κ3) is 5.27. The van der Waals surface area contributed by atoms with E-state index < -0.39 is 21.7 Å². The van der Waals surface area contributed by atoms with E-state index in [1.54, 1.807) is 29.2 Å². The van der Waals surface area contributed by atoms with Crippen molar-refractivity contribution >= 4 is 33.4 Å². The van der Waals surface area contributed by atoms with E-state index in [2.05, 4.69) is 10.3 Å². The molecule has 1 aromatic carbocycles. The number of benzene rings is 1. The second kappa shape index (κ2) is 9.54. The van der Waals surface area contributed by atoms with Gasteiger partial charge < -0.3 is 15.3 Å². The van der Waals surface area contributed by atoms with Crippen molar-refractivity contribution in [3.8, 4) is 0 Å². The van der Waals surface area contributed by atoms with Crippen LogP contribution in [0.1, 0.15) is 54.4 Å². The predicted molar refractivity (Wildman–Crippen MR) is 124 cm³/mol. The van der Waals surface area contributed by atoms with Gasteiger partial charge in [0.2, 0.25) is 11.8 Å². The molecule has 180 valence electrons. The quantitative estimate of drug-likeness (QED) is 0.587. The number of sulfone groups is 1. The number of carbonyl (C=O) groups is 3. The standard InChI is InChI=1S/C24H27N3O6S/c1-15(28)27-11-10-16(14-27)12-21(23(29)26-22-9-4-18(13-25-22)24(30)31)17-2-5-19(6-3-17)34(32,33)20-7-8-20/h2-6,9,13,16,20-21H,7-8,10-12,14H2,1H3,(H,30,31)(H,25,26,29)/t16-,21-/m1/s1. The van der Waals surface area contributed by atoms with Crippen LogP contribution in [0.2, 0.25) is 0 Å². The number of carboxylic acid groups (broad SMARTS) is 1. The summed E-state index contributed by atoms with van der Waals surface area (Å²) in [5.74, 6) is -1.67. The first kappa shape index (κ1) is 23.9. The summed E-state index contributed by atoms with van der Waals surface area (Å²) in [7, 11) is -3.33. The number of anilines is 1. The molecule has 2 amide bonds. The maximum absolute atomic E-state index is 13.3. The maximum Gasteiger partial charge on any atom is 0.337 e. The molecule has 2 fully saturated rings. The van der Waals surface area contributed by atoms with E-state index in [0.717, 1.165) is 6.42 Å². The van der Waals surface area contributed by atoms with Crippen LogP contribution in [0.3, 0.4) is 0 Å². The lowest BCUT2D eigenvalue weighted by Crippen LogP contribution is -2.28. The summed E-state index contributed by atoms with van der Waals surface area (Å²) in [5, 5.41) is 11.5. The summed E-state index contributed by atoms with van der Waals surface area (Å²) in [6.45, 7) is 2.74. The third-order valence-corrected chi connectivity index (χ3v) is 8.73. The van der Waals surface area contributed by atoms with Gasteiger partial charge in [-0.2, -0.15) is 0 Å². The average Bonchev–Trinajstić information content (AvgIpc) is 3.57. The Bertz CT molecular complexity index is 1190. The number of rotatable bonds is 8. The van der Waals surface area contributed by atoms with Gasteiger partial charge in [-0.25, -0.2) is 18.2 Å². The number of hydrogen-bond donors (Lipinski definition) is 2. The molecule has 2 aromatic rings. The number of pyridine rings is 1. The van der Waals surface area contributed by atoms with Crippen molar-refractivity contribution in [1.29, 1.82) is 0 Å². The molecule has 1 aliphatic heterocycles. The highest BCUT2D eigenvalue weighted by Gasteiger charge is 2.37. The molecule has 1 aromatic heterocycles. The van der Waals surface area contributed by atoms with Crippen LogP contribution in [0.25, 0.3) is 0 Å². The number of hydrogen-bond acceptors (Lipinski definition) is 6. The normalized spacial score (nSPS) is 19.0. The zero-order valence-corrected chi connectivity index (χ0v) is 19.6. The minimum absolute atomic E-state index is 0.000794. The van der Waals surface area contributed by atoms with Gasteiger partial charge in [-0.3, -0.25) is 9.59 Å². The molecular formula is C24H27N3O6S. The van der Waals surface area contributed by atoms with Crippen molar-refractivity contribution in [2.24, 2.45) is 5.92 Å². The Labute approximate surface area is 198 Å². The molecule has 4 rings (SSSR count). The summed E-state index contributed by atoms with van der Waals surface area (Å²) in [4.78, 5) is 42.1. The van der Waals surface area contributed by atoms with Gasteiger partial charge in [0, 0.05) is 26.2 Å². The Morgan fingerprint density at radius 3 is 2.35 bits per heavy atom. The SMILES string of the molecule is CC(=O)N1CC[C@H](C[C@@H](C(=O)Nc2ccc(C(=O)O)cn2)c2ccc(S(=O)(=O)C3CC3)cc2)C1. The Hall–Kier alpha value is -3.27. The lowest BCUT2D eigenvalue weighted by atomic mass is 9.87. The number of carbonyl (C=O) groups excluding carboxylic acids is 2. The fraction of sp³-hybridized carbons (Fsp3) is 0.417. The first-order chi connectivity index (χ1) is 16.1. The highest BCUT2D eigenvalue weighted by Crippen LogP contribution is 2.35. The lowest BCUT2D eigenvalue weighted by molar-refractivity contribution is -0.127. The summed E-state index contributed by atoms with van der Waals surface area (Å²) >= 11 is 0. The fourth-order valence-corrected chi connectivity index (χ4v) is 5.96. The highest BCUT2D eigenvalue weighted by molar-refractivity contribution is 7.92. The van der Waals surface area contributed by atoms with E-state index in [0.29, 0.717) is 37.9 Å². The van der Waals surface area contributed by atoms with E-state index >= 15 is 0 Å². The van der Waals surface area contributed by atoms with Crippen LogP contribution < -0.4 is 5.32 Å². The zero-order chi connectivity index (χ0) is 24.5. The Kier molecular flexibility index (Phi) is 6.70. The molecule has 2 atom stereocenters. The van der Waals surface area contributed by atoms with E-state index in [-0.39, 0.29) is 39.3 Å². The molecule has 9 nitrogen and oxygen atoms in total. The van der Waals surface area contributed by atoms with E-state index in [1.807, 2.05) is 0 Å². The molecule has 2 heterocycles. The first-order valence-electron chi connectivity index (χ1n) is 11.2. The molecule has 0 bridgehead atoms. The number of aromatic nitrogens is 1. The molecule has 1 saturated heterocycles. The van der Waals surface area contributed by atoms with E-state index in [1.165, 1.54) is 25.3 Å². The van der Waals surface area contributed by atoms with Crippen LogP contribution >= 0.6 is 0 Å². The van der Waals surface area contributed by atoms with Gasteiger partial charge in [-0.1, -0.05) is 12.1 Å². The number of likely N-dealkylation sites (tertiary alicyclic amines) is 1. The molecule has 1 saturated carbocycles. The molecule has 1 aliphatic carbocycles. The van der Waals surface area contributed by atoms with Crippen molar-refractivity contribution in [2.45, 2.75) is 48.7 Å². The summed E-state index contributed by atoms with van der Waals surface area (Å²) in [6.07, 6.45) is 3.79. The largest absolute Gasteiger partial charge is 0.478 e. The smallest absolute Gasteiger partial charge is 0.337 e. The minimum atomic E-state index is -3.33. The molecule has 34 heavy (non-hydrogen) atoms. The molecule has 2 aliphatic rings. The van der Waals surface area contributed by atoms with Crippen molar-refractivity contribution in [3.63, 3.8) is 0 Å². The van der Waals surface area contributed by atoms with Gasteiger partial charge in [0.1, 0.15) is 5.82 Å². The van der Waals surface area contributed by atoms with Gasteiger partial charge in [-0.15, -0.1) is 0 Å². The summed E-state index contributed by atoms with van der Waals surface area (Å²) < 4.78 is 25.1. The second-order valence-corrected chi connectivity index (χ2v) is 11.2. The molecule has 2 N–H and O–H groups in total. The van der Waals surface area contributed by atoms with Gasteiger partial charge in [0.15, 0.2) is 9.84 Å². The van der Waals surface area contributed by atoms with Gasteiger partial charge >= 0.3 is 5.97 Å². The first-order valence-corrected chi connectivity index (χ1v) is 12.8. The number of nitrogens with zero attached hydrogens (tertiary/aromatic N) is 2. The number of nitrogens with one attached hydrogen (secondary N) is 1. The Morgan fingerprint density at radius 1 is 1.12 bits per heavy atom. The van der Waals surface area contributed by atoms with Crippen molar-refractivity contribution in [2.75, 3.05) is 18.4 Å².